The van der Waals surface area contributed by atoms with E-state index in [9.17, 15) is 9.59 Å². The number of hydrogen-bond donors (Lipinski definition) is 1. The fourth-order valence-corrected chi connectivity index (χ4v) is 3.43. The first-order valence-corrected chi connectivity index (χ1v) is 9.81. The number of ether oxygens (including phenoxy) is 1. The lowest BCUT2D eigenvalue weighted by Crippen LogP contribution is -2.49. The molecule has 2 fully saturated rings. The topological polar surface area (TPSA) is 61.9 Å². The van der Waals surface area contributed by atoms with Crippen LogP contribution >= 0.6 is 0 Å². The lowest BCUT2D eigenvalue weighted by atomic mass is 10.2. The van der Waals surface area contributed by atoms with Crippen molar-refractivity contribution in [3.05, 3.63) is 42.0 Å². The molecule has 1 atom stereocenters. The highest BCUT2D eigenvalue weighted by atomic mass is 16.5. The average molecular weight is 371 g/mol. The van der Waals surface area contributed by atoms with Crippen LogP contribution in [-0.4, -0.2) is 73.6 Å². The Morgan fingerprint density at radius 1 is 1.15 bits per heavy atom. The molecule has 3 rings (SSSR count). The van der Waals surface area contributed by atoms with E-state index in [0.717, 1.165) is 39.1 Å². The third-order valence-corrected chi connectivity index (χ3v) is 5.06. The first-order chi connectivity index (χ1) is 13.2. The molecule has 2 amide bonds. The van der Waals surface area contributed by atoms with Crippen LogP contribution < -0.4 is 5.32 Å². The van der Waals surface area contributed by atoms with Gasteiger partial charge in [0.1, 0.15) is 6.42 Å². The van der Waals surface area contributed by atoms with Crippen LogP contribution in [0.1, 0.15) is 24.8 Å². The fourth-order valence-electron chi connectivity index (χ4n) is 3.43. The van der Waals surface area contributed by atoms with Gasteiger partial charge in [-0.05, 0) is 18.4 Å². The number of rotatable bonds is 7. The van der Waals surface area contributed by atoms with Crippen molar-refractivity contribution >= 4 is 17.9 Å². The highest BCUT2D eigenvalue weighted by Gasteiger charge is 2.23. The van der Waals surface area contributed by atoms with Crippen LogP contribution in [0.4, 0.5) is 0 Å². The van der Waals surface area contributed by atoms with E-state index in [1.54, 1.807) is 4.90 Å². The molecule has 2 heterocycles. The summed E-state index contributed by atoms with van der Waals surface area (Å²) in [5.41, 5.74) is 1.19. The monoisotopic (exact) mass is 371 g/mol. The van der Waals surface area contributed by atoms with Gasteiger partial charge in [0.15, 0.2) is 0 Å². The van der Waals surface area contributed by atoms with Gasteiger partial charge in [0.2, 0.25) is 11.8 Å². The Morgan fingerprint density at radius 3 is 2.63 bits per heavy atom. The normalized spacial score (nSPS) is 20.9. The molecule has 2 saturated heterocycles. The molecule has 6 nitrogen and oxygen atoms in total. The van der Waals surface area contributed by atoms with Crippen molar-refractivity contribution < 1.29 is 14.3 Å². The quantitative estimate of drug-likeness (QED) is 0.739. The molecule has 0 bridgehead atoms. The number of piperazine rings is 1. The van der Waals surface area contributed by atoms with E-state index in [0.29, 0.717) is 19.6 Å². The smallest absolute Gasteiger partial charge is 0.232 e. The van der Waals surface area contributed by atoms with Gasteiger partial charge in [-0.2, -0.15) is 0 Å². The Morgan fingerprint density at radius 2 is 1.93 bits per heavy atom. The fraction of sp³-hybridized carbons (Fsp3) is 0.524. The maximum absolute atomic E-state index is 12.3. The summed E-state index contributed by atoms with van der Waals surface area (Å²) in [4.78, 5) is 28.4. The standard InChI is InChI=1S/C21H29N3O3/c25-20(22-17-19-9-5-15-27-19)16-21(26)24-13-11-23(12-14-24)10-4-8-18-6-2-1-3-7-18/h1-4,6-8,19H,5,9-17H2,(H,22,25)/b8-4+. The van der Waals surface area contributed by atoms with Crippen molar-refractivity contribution in [2.75, 3.05) is 45.9 Å². The Kier molecular flexibility index (Phi) is 7.42. The molecule has 0 radical (unpaired) electrons. The molecule has 0 aliphatic carbocycles. The van der Waals surface area contributed by atoms with Crippen LogP contribution in [-0.2, 0) is 14.3 Å². The molecule has 1 aromatic carbocycles. The number of amides is 2. The van der Waals surface area contributed by atoms with E-state index in [1.165, 1.54) is 5.56 Å². The predicted octanol–water partition coefficient (Wildman–Crippen LogP) is 1.53. The molecule has 0 saturated carbocycles. The zero-order chi connectivity index (χ0) is 18.9. The molecule has 2 aliphatic rings. The number of nitrogens with zero attached hydrogens (tertiary/aromatic N) is 2. The van der Waals surface area contributed by atoms with Gasteiger partial charge in [-0.3, -0.25) is 14.5 Å². The zero-order valence-electron chi connectivity index (χ0n) is 15.8. The van der Waals surface area contributed by atoms with E-state index in [1.807, 2.05) is 18.2 Å². The van der Waals surface area contributed by atoms with Crippen molar-refractivity contribution in [2.24, 2.45) is 0 Å². The van der Waals surface area contributed by atoms with Gasteiger partial charge in [-0.1, -0.05) is 42.5 Å². The van der Waals surface area contributed by atoms with Gasteiger partial charge < -0.3 is 15.0 Å². The highest BCUT2D eigenvalue weighted by Crippen LogP contribution is 2.11. The van der Waals surface area contributed by atoms with Crippen LogP contribution in [0.5, 0.6) is 0 Å². The molecule has 1 aromatic rings. The minimum atomic E-state index is -0.205. The van der Waals surface area contributed by atoms with Crippen LogP contribution in [0.2, 0.25) is 0 Å². The summed E-state index contributed by atoms with van der Waals surface area (Å²) in [7, 11) is 0. The van der Waals surface area contributed by atoms with Crippen molar-refractivity contribution in [3.63, 3.8) is 0 Å². The second-order valence-corrected chi connectivity index (χ2v) is 7.11. The second-order valence-electron chi connectivity index (χ2n) is 7.11. The number of carbonyl (C=O) groups is 2. The summed E-state index contributed by atoms with van der Waals surface area (Å²) in [6, 6.07) is 10.2. The Balaban J connectivity index is 1.32. The molecule has 27 heavy (non-hydrogen) atoms. The first kappa shape index (κ1) is 19.6. The van der Waals surface area contributed by atoms with Crippen molar-refractivity contribution in [3.8, 4) is 0 Å². The molecule has 1 N–H and O–H groups in total. The third-order valence-electron chi connectivity index (χ3n) is 5.06. The van der Waals surface area contributed by atoms with Gasteiger partial charge in [-0.15, -0.1) is 0 Å². The maximum Gasteiger partial charge on any atom is 0.232 e. The average Bonchev–Trinajstić information content (AvgIpc) is 3.21. The van der Waals surface area contributed by atoms with E-state index in [-0.39, 0.29) is 24.3 Å². The molecule has 2 aliphatic heterocycles. The zero-order valence-corrected chi connectivity index (χ0v) is 15.8. The van der Waals surface area contributed by atoms with Gasteiger partial charge in [0.05, 0.1) is 6.10 Å². The molecule has 0 spiro atoms. The molecular formula is C21H29N3O3. The SMILES string of the molecule is O=C(CC(=O)N1CCN(C/C=C/c2ccccc2)CC1)NCC1CCCO1. The van der Waals surface area contributed by atoms with Crippen molar-refractivity contribution in [2.45, 2.75) is 25.4 Å². The van der Waals surface area contributed by atoms with E-state index in [2.05, 4.69) is 34.5 Å². The van der Waals surface area contributed by atoms with Gasteiger partial charge >= 0.3 is 0 Å². The van der Waals surface area contributed by atoms with E-state index < -0.39 is 0 Å². The summed E-state index contributed by atoms with van der Waals surface area (Å²) < 4.78 is 5.48. The Bertz CT molecular complexity index is 633. The summed E-state index contributed by atoms with van der Waals surface area (Å²) in [5.74, 6) is -0.289. The van der Waals surface area contributed by atoms with Crippen molar-refractivity contribution in [1.82, 2.24) is 15.1 Å². The minimum Gasteiger partial charge on any atom is -0.376 e. The molecule has 0 aromatic heterocycles. The predicted molar refractivity (Wildman–Crippen MR) is 105 cm³/mol. The summed E-state index contributed by atoms with van der Waals surface area (Å²) in [6.07, 6.45) is 6.35. The first-order valence-electron chi connectivity index (χ1n) is 9.81. The minimum absolute atomic E-state index is 0.0688. The number of hydrogen-bond acceptors (Lipinski definition) is 4. The molecular weight excluding hydrogens is 342 g/mol. The summed E-state index contributed by atoms with van der Waals surface area (Å²) in [6.45, 7) is 5.18. The molecule has 146 valence electrons. The molecule has 1 unspecified atom stereocenters. The van der Waals surface area contributed by atoms with Gasteiger partial charge in [0, 0.05) is 45.9 Å². The lowest BCUT2D eigenvalue weighted by molar-refractivity contribution is -0.137. The van der Waals surface area contributed by atoms with Gasteiger partial charge in [0.25, 0.3) is 0 Å². The number of benzene rings is 1. The Labute approximate surface area is 161 Å². The van der Waals surface area contributed by atoms with Crippen molar-refractivity contribution in [1.29, 1.82) is 0 Å². The number of nitrogens with one attached hydrogen (secondary N) is 1. The van der Waals surface area contributed by atoms with Crippen LogP contribution in [0.25, 0.3) is 6.08 Å². The largest absolute Gasteiger partial charge is 0.376 e. The van der Waals surface area contributed by atoms with Gasteiger partial charge in [-0.25, -0.2) is 0 Å². The summed E-state index contributed by atoms with van der Waals surface area (Å²) >= 11 is 0. The van der Waals surface area contributed by atoms with E-state index >= 15 is 0 Å². The maximum atomic E-state index is 12.3. The third kappa shape index (κ3) is 6.48. The summed E-state index contributed by atoms with van der Waals surface area (Å²) in [5, 5.41) is 2.82. The Hall–Kier alpha value is -2.18. The second kappa shape index (κ2) is 10.2. The van der Waals surface area contributed by atoms with Crippen LogP contribution in [0, 0.1) is 0 Å². The molecule has 6 heteroatoms. The lowest BCUT2D eigenvalue weighted by Gasteiger charge is -2.34. The van der Waals surface area contributed by atoms with Crippen LogP contribution in [0.3, 0.4) is 0 Å². The highest BCUT2D eigenvalue weighted by molar-refractivity contribution is 5.96. The number of carbonyl (C=O) groups excluding carboxylic acids is 2. The van der Waals surface area contributed by atoms with E-state index in [4.69, 9.17) is 4.74 Å². The van der Waals surface area contributed by atoms with Crippen LogP contribution in [0.15, 0.2) is 36.4 Å².